The summed E-state index contributed by atoms with van der Waals surface area (Å²) >= 11 is 5.61. The van der Waals surface area contributed by atoms with Crippen molar-refractivity contribution in [2.45, 2.75) is 11.1 Å². The van der Waals surface area contributed by atoms with Crippen LogP contribution < -0.4 is 10.6 Å². The minimum absolute atomic E-state index is 0.0496. The second-order valence-corrected chi connectivity index (χ2v) is 8.16. The first-order valence-corrected chi connectivity index (χ1v) is 9.56. The summed E-state index contributed by atoms with van der Waals surface area (Å²) in [5.74, 6) is -1.12. The number of carbonyl (C=O) groups excluding carboxylic acids is 1. The largest absolute Gasteiger partial charge is 0.339 e. The lowest BCUT2D eigenvalue weighted by Crippen LogP contribution is -2.57. The third kappa shape index (κ3) is 3.88. The SMILES string of the molecule is Cn1cnc(S(=O)(=O)N2CCNC(C(=O)Nc3ccc(Cl)c(F)c3)C2)c1. The highest BCUT2D eigenvalue weighted by Crippen LogP contribution is 2.20. The molecule has 2 N–H and O–H groups in total. The summed E-state index contributed by atoms with van der Waals surface area (Å²) in [6, 6.07) is 3.12. The lowest BCUT2D eigenvalue weighted by atomic mass is 10.2. The summed E-state index contributed by atoms with van der Waals surface area (Å²) in [5.41, 5.74) is 0.239. The summed E-state index contributed by atoms with van der Waals surface area (Å²) < 4.78 is 41.5. The van der Waals surface area contributed by atoms with Gasteiger partial charge in [-0.05, 0) is 18.2 Å². The Hall–Kier alpha value is -2.01. The molecule has 1 aliphatic rings. The predicted octanol–water partition coefficient (Wildman–Crippen LogP) is 0.814. The van der Waals surface area contributed by atoms with E-state index in [1.165, 1.54) is 33.5 Å². The first kappa shape index (κ1) is 18.8. The summed E-state index contributed by atoms with van der Waals surface area (Å²) in [6.45, 7) is 0.470. The summed E-state index contributed by atoms with van der Waals surface area (Å²) in [7, 11) is -2.12. The van der Waals surface area contributed by atoms with Crippen LogP contribution in [-0.2, 0) is 21.9 Å². The average Bonchev–Trinajstić information content (AvgIpc) is 3.05. The van der Waals surface area contributed by atoms with Gasteiger partial charge in [0.05, 0.1) is 11.3 Å². The Labute approximate surface area is 155 Å². The van der Waals surface area contributed by atoms with Gasteiger partial charge in [0, 0.05) is 38.6 Å². The Kier molecular flexibility index (Phi) is 5.28. The summed E-state index contributed by atoms with van der Waals surface area (Å²) in [4.78, 5) is 16.3. The highest BCUT2D eigenvalue weighted by atomic mass is 35.5. The minimum atomic E-state index is -3.79. The average molecular weight is 402 g/mol. The van der Waals surface area contributed by atoms with Crippen LogP contribution in [0, 0.1) is 5.82 Å². The second-order valence-electron chi connectivity index (χ2n) is 5.87. The minimum Gasteiger partial charge on any atom is -0.339 e. The zero-order valence-electron chi connectivity index (χ0n) is 13.8. The monoisotopic (exact) mass is 401 g/mol. The van der Waals surface area contributed by atoms with E-state index in [9.17, 15) is 17.6 Å². The molecule has 0 bridgehead atoms. The lowest BCUT2D eigenvalue weighted by Gasteiger charge is -2.31. The highest BCUT2D eigenvalue weighted by Gasteiger charge is 2.34. The van der Waals surface area contributed by atoms with Crippen LogP contribution in [-0.4, -0.2) is 53.9 Å². The van der Waals surface area contributed by atoms with Crippen LogP contribution in [0.3, 0.4) is 0 Å². The van der Waals surface area contributed by atoms with Crippen molar-refractivity contribution in [3.8, 4) is 0 Å². The molecule has 140 valence electrons. The van der Waals surface area contributed by atoms with Gasteiger partial charge in [-0.25, -0.2) is 17.8 Å². The fourth-order valence-corrected chi connectivity index (χ4v) is 4.11. The number of benzene rings is 1. The number of piperazine rings is 1. The number of aromatic nitrogens is 2. The molecule has 26 heavy (non-hydrogen) atoms. The molecule has 8 nitrogen and oxygen atoms in total. The molecule has 3 rings (SSSR count). The molecule has 0 saturated carbocycles. The van der Waals surface area contributed by atoms with Gasteiger partial charge in [-0.1, -0.05) is 11.6 Å². The van der Waals surface area contributed by atoms with Gasteiger partial charge in [0.25, 0.3) is 10.0 Å². The summed E-state index contributed by atoms with van der Waals surface area (Å²) in [6.07, 6.45) is 2.80. The van der Waals surface area contributed by atoms with E-state index in [4.69, 9.17) is 11.6 Å². The van der Waals surface area contributed by atoms with Gasteiger partial charge in [0.15, 0.2) is 5.03 Å². The first-order chi connectivity index (χ1) is 12.3. The molecule has 1 aromatic heterocycles. The zero-order chi connectivity index (χ0) is 18.9. The van der Waals surface area contributed by atoms with Crippen LogP contribution >= 0.6 is 11.6 Å². The fourth-order valence-electron chi connectivity index (χ4n) is 2.57. The van der Waals surface area contributed by atoms with Gasteiger partial charge < -0.3 is 15.2 Å². The van der Waals surface area contributed by atoms with Crippen molar-refractivity contribution in [1.82, 2.24) is 19.2 Å². The van der Waals surface area contributed by atoms with Crippen molar-refractivity contribution in [2.75, 3.05) is 25.0 Å². The van der Waals surface area contributed by atoms with Gasteiger partial charge >= 0.3 is 0 Å². The summed E-state index contributed by atoms with van der Waals surface area (Å²) in [5, 5.41) is 5.40. The van der Waals surface area contributed by atoms with Crippen LogP contribution in [0.2, 0.25) is 5.02 Å². The van der Waals surface area contributed by atoms with Crippen LogP contribution in [0.25, 0.3) is 0 Å². The van der Waals surface area contributed by atoms with Crippen LogP contribution in [0.4, 0.5) is 10.1 Å². The Morgan fingerprint density at radius 2 is 2.23 bits per heavy atom. The topological polar surface area (TPSA) is 96.3 Å². The number of aryl methyl sites for hydroxylation is 1. The number of halogens is 2. The van der Waals surface area contributed by atoms with E-state index in [0.29, 0.717) is 6.54 Å². The number of rotatable bonds is 4. The molecule has 0 spiro atoms. The van der Waals surface area contributed by atoms with Gasteiger partial charge in [0.1, 0.15) is 11.9 Å². The normalized spacial score (nSPS) is 18.7. The number of hydrogen-bond donors (Lipinski definition) is 2. The Balaban J connectivity index is 1.71. The van der Waals surface area contributed by atoms with E-state index in [-0.39, 0.29) is 28.8 Å². The lowest BCUT2D eigenvalue weighted by molar-refractivity contribution is -0.118. The number of carbonyl (C=O) groups is 1. The maximum absolute atomic E-state index is 13.5. The predicted molar refractivity (Wildman–Crippen MR) is 93.8 cm³/mol. The van der Waals surface area contributed by atoms with E-state index in [2.05, 4.69) is 15.6 Å². The van der Waals surface area contributed by atoms with Gasteiger partial charge in [-0.3, -0.25) is 4.79 Å². The molecular formula is C15H17ClFN5O3S. The third-order valence-corrected chi connectivity index (χ3v) is 5.98. The van der Waals surface area contributed by atoms with Crippen LogP contribution in [0.15, 0.2) is 35.7 Å². The number of imidazole rings is 1. The molecular weight excluding hydrogens is 385 g/mol. The number of nitrogens with zero attached hydrogens (tertiary/aromatic N) is 3. The standard InChI is InChI=1S/C15H17ClFN5O3S/c1-21-8-14(19-9-21)26(24,25)22-5-4-18-13(7-22)15(23)20-10-2-3-11(16)12(17)6-10/h2-3,6,8-9,13,18H,4-5,7H2,1H3,(H,20,23). The smallest absolute Gasteiger partial charge is 0.262 e. The fraction of sp³-hybridized carbons (Fsp3) is 0.333. The van der Waals surface area contributed by atoms with Crippen molar-refractivity contribution < 1.29 is 17.6 Å². The molecule has 0 radical (unpaired) electrons. The number of sulfonamides is 1. The van der Waals surface area contributed by atoms with E-state index < -0.39 is 27.8 Å². The quantitative estimate of drug-likeness (QED) is 0.790. The Morgan fingerprint density at radius 3 is 2.88 bits per heavy atom. The molecule has 1 amide bonds. The van der Waals surface area contributed by atoms with Crippen LogP contribution in [0.1, 0.15) is 0 Å². The molecule has 2 aromatic rings. The molecule has 2 heterocycles. The van der Waals surface area contributed by atoms with Gasteiger partial charge in [-0.2, -0.15) is 4.31 Å². The Bertz CT molecular complexity index is 933. The molecule has 1 saturated heterocycles. The van der Waals surface area contributed by atoms with Crippen molar-refractivity contribution in [3.05, 3.63) is 41.6 Å². The molecule has 0 aliphatic carbocycles. The molecule has 1 unspecified atom stereocenters. The van der Waals surface area contributed by atoms with Gasteiger partial charge in [-0.15, -0.1) is 0 Å². The van der Waals surface area contributed by atoms with E-state index in [1.54, 1.807) is 7.05 Å². The van der Waals surface area contributed by atoms with E-state index in [0.717, 1.165) is 6.07 Å². The maximum Gasteiger partial charge on any atom is 0.262 e. The molecule has 1 fully saturated rings. The van der Waals surface area contributed by atoms with Crippen molar-refractivity contribution in [3.63, 3.8) is 0 Å². The third-order valence-electron chi connectivity index (χ3n) is 3.93. The molecule has 1 atom stereocenters. The van der Waals surface area contributed by atoms with Crippen molar-refractivity contribution in [1.29, 1.82) is 0 Å². The van der Waals surface area contributed by atoms with Crippen molar-refractivity contribution in [2.24, 2.45) is 7.05 Å². The number of anilines is 1. The first-order valence-electron chi connectivity index (χ1n) is 7.75. The molecule has 11 heteroatoms. The van der Waals surface area contributed by atoms with E-state index >= 15 is 0 Å². The van der Waals surface area contributed by atoms with E-state index in [1.807, 2.05) is 0 Å². The molecule has 1 aliphatic heterocycles. The Morgan fingerprint density at radius 1 is 1.46 bits per heavy atom. The number of nitrogens with one attached hydrogen (secondary N) is 2. The highest BCUT2D eigenvalue weighted by molar-refractivity contribution is 7.89. The van der Waals surface area contributed by atoms with Gasteiger partial charge in [0.2, 0.25) is 5.91 Å². The number of amides is 1. The molecule has 1 aromatic carbocycles. The second kappa shape index (κ2) is 7.31. The number of hydrogen-bond acceptors (Lipinski definition) is 5. The zero-order valence-corrected chi connectivity index (χ0v) is 15.4. The van der Waals surface area contributed by atoms with Crippen molar-refractivity contribution >= 4 is 33.2 Å². The maximum atomic E-state index is 13.5. The van der Waals surface area contributed by atoms with Crippen LogP contribution in [0.5, 0.6) is 0 Å².